The lowest BCUT2D eigenvalue weighted by Crippen LogP contribution is -2.48. The van der Waals surface area contributed by atoms with Crippen molar-refractivity contribution in [1.29, 1.82) is 0 Å². The Morgan fingerprint density at radius 1 is 1.24 bits per heavy atom. The van der Waals surface area contributed by atoms with Gasteiger partial charge in [-0.2, -0.15) is 16.9 Å². The van der Waals surface area contributed by atoms with Gasteiger partial charge in [-0.1, -0.05) is 0 Å². The molecule has 2 aliphatic heterocycles. The second-order valence-corrected chi connectivity index (χ2v) is 7.03. The summed E-state index contributed by atoms with van der Waals surface area (Å²) in [6, 6.07) is 2.23. The Labute approximate surface area is 130 Å². The van der Waals surface area contributed by atoms with Crippen molar-refractivity contribution in [3.8, 4) is 0 Å². The van der Waals surface area contributed by atoms with Gasteiger partial charge in [-0.15, -0.1) is 0 Å². The van der Waals surface area contributed by atoms with E-state index in [9.17, 15) is 4.79 Å². The molecule has 5 nitrogen and oxygen atoms in total. The summed E-state index contributed by atoms with van der Waals surface area (Å²) in [6.45, 7) is 4.70. The molecule has 2 aliphatic rings. The maximum Gasteiger partial charge on any atom is 0.244 e. The van der Waals surface area contributed by atoms with Gasteiger partial charge < -0.3 is 9.80 Å². The topological polar surface area (TPSA) is 41.4 Å². The number of aromatic nitrogens is 2. The van der Waals surface area contributed by atoms with Gasteiger partial charge in [-0.3, -0.25) is 9.48 Å². The first kappa shape index (κ1) is 14.9. The maximum absolute atomic E-state index is 12.6. The summed E-state index contributed by atoms with van der Waals surface area (Å²) in [5, 5.41) is 4.16. The van der Waals surface area contributed by atoms with Gasteiger partial charge in [0.15, 0.2) is 0 Å². The lowest BCUT2D eigenvalue weighted by atomic mass is 10.2. The fourth-order valence-corrected chi connectivity index (χ4v) is 4.25. The molecular formula is C15H24N4OS. The van der Waals surface area contributed by atoms with E-state index >= 15 is 0 Å². The normalized spacial score (nSPS) is 24.2. The van der Waals surface area contributed by atoms with Crippen molar-refractivity contribution in [3.63, 3.8) is 0 Å². The Morgan fingerprint density at radius 3 is 2.86 bits per heavy atom. The zero-order chi connectivity index (χ0) is 14.5. The third-order valence-electron chi connectivity index (χ3n) is 4.28. The van der Waals surface area contributed by atoms with Gasteiger partial charge in [0.1, 0.15) is 6.54 Å². The van der Waals surface area contributed by atoms with Crippen LogP contribution in [0.5, 0.6) is 0 Å². The van der Waals surface area contributed by atoms with Crippen molar-refractivity contribution in [3.05, 3.63) is 18.5 Å². The van der Waals surface area contributed by atoms with Crippen molar-refractivity contribution in [1.82, 2.24) is 19.6 Å². The number of hydrogen-bond acceptors (Lipinski definition) is 4. The molecule has 2 fully saturated rings. The summed E-state index contributed by atoms with van der Waals surface area (Å²) in [4.78, 5) is 17.3. The molecule has 116 valence electrons. The number of amides is 1. The fourth-order valence-electron chi connectivity index (χ4n) is 3.20. The van der Waals surface area contributed by atoms with Gasteiger partial charge in [0.25, 0.3) is 0 Å². The summed E-state index contributed by atoms with van der Waals surface area (Å²) < 4.78 is 1.73. The highest BCUT2D eigenvalue weighted by Crippen LogP contribution is 2.19. The van der Waals surface area contributed by atoms with E-state index < -0.39 is 0 Å². The van der Waals surface area contributed by atoms with Crippen LogP contribution in [0.25, 0.3) is 0 Å². The lowest BCUT2D eigenvalue weighted by Gasteiger charge is -2.32. The first-order valence-corrected chi connectivity index (χ1v) is 9.05. The Balaban J connectivity index is 1.64. The van der Waals surface area contributed by atoms with Crippen LogP contribution in [0.3, 0.4) is 0 Å². The summed E-state index contributed by atoms with van der Waals surface area (Å²) in [5.74, 6) is 2.45. The van der Waals surface area contributed by atoms with Crippen molar-refractivity contribution in [2.24, 2.45) is 0 Å². The van der Waals surface area contributed by atoms with Gasteiger partial charge in [0.2, 0.25) is 5.91 Å². The Kier molecular flexibility index (Phi) is 5.19. The van der Waals surface area contributed by atoms with Gasteiger partial charge in [-0.25, -0.2) is 0 Å². The average molecular weight is 308 g/mol. The largest absolute Gasteiger partial charge is 0.336 e. The zero-order valence-corrected chi connectivity index (χ0v) is 13.3. The summed E-state index contributed by atoms with van der Waals surface area (Å²) >= 11 is 1.99. The van der Waals surface area contributed by atoms with Crippen molar-refractivity contribution in [2.75, 3.05) is 37.7 Å². The highest BCUT2D eigenvalue weighted by Gasteiger charge is 2.28. The summed E-state index contributed by atoms with van der Waals surface area (Å²) in [7, 11) is 0. The molecule has 0 spiro atoms. The van der Waals surface area contributed by atoms with Crippen molar-refractivity contribution in [2.45, 2.75) is 31.8 Å². The molecule has 6 heteroatoms. The predicted octanol–water partition coefficient (Wildman–Crippen LogP) is 1.31. The van der Waals surface area contributed by atoms with E-state index in [0.29, 0.717) is 12.6 Å². The van der Waals surface area contributed by atoms with E-state index in [0.717, 1.165) is 25.3 Å². The number of hydrogen-bond donors (Lipinski definition) is 0. The van der Waals surface area contributed by atoms with E-state index in [1.165, 1.54) is 31.7 Å². The van der Waals surface area contributed by atoms with E-state index in [4.69, 9.17) is 0 Å². The third kappa shape index (κ3) is 4.01. The molecule has 0 saturated carbocycles. The van der Waals surface area contributed by atoms with E-state index in [1.807, 2.05) is 24.0 Å². The summed E-state index contributed by atoms with van der Waals surface area (Å²) in [6.07, 6.45) is 7.31. The zero-order valence-electron chi connectivity index (χ0n) is 12.5. The molecule has 3 heterocycles. The minimum absolute atomic E-state index is 0.213. The SMILES string of the molecule is O=C(Cn1cccn1)N1CCCSCC1CN1CCCC1. The standard InChI is InChI=1S/C15H24N4OS/c20-15(12-18-8-3-5-16-18)19-9-4-10-21-13-14(19)11-17-6-1-2-7-17/h3,5,8,14H,1-2,4,6-7,9-13H2. The second-order valence-electron chi connectivity index (χ2n) is 5.88. The van der Waals surface area contributed by atoms with Gasteiger partial charge in [0.05, 0.1) is 6.04 Å². The van der Waals surface area contributed by atoms with Crippen LogP contribution in [-0.4, -0.2) is 69.2 Å². The van der Waals surface area contributed by atoms with Crippen LogP contribution in [0.4, 0.5) is 0 Å². The average Bonchev–Trinajstić information content (AvgIpc) is 3.11. The van der Waals surface area contributed by atoms with Gasteiger partial charge in [0, 0.05) is 31.2 Å². The first-order chi connectivity index (χ1) is 10.3. The molecule has 2 saturated heterocycles. The molecule has 1 atom stereocenters. The van der Waals surface area contributed by atoms with E-state index in [2.05, 4.69) is 14.9 Å². The molecule has 21 heavy (non-hydrogen) atoms. The molecule has 1 aromatic rings. The van der Waals surface area contributed by atoms with Crippen molar-refractivity contribution >= 4 is 17.7 Å². The Morgan fingerprint density at radius 2 is 2.10 bits per heavy atom. The Bertz CT molecular complexity index is 445. The predicted molar refractivity (Wildman–Crippen MR) is 85.3 cm³/mol. The molecule has 0 N–H and O–H groups in total. The Hall–Kier alpha value is -1.01. The number of carbonyl (C=O) groups is 1. The molecule has 1 unspecified atom stereocenters. The number of nitrogens with zero attached hydrogens (tertiary/aromatic N) is 4. The maximum atomic E-state index is 12.6. The summed E-state index contributed by atoms with van der Waals surface area (Å²) in [5.41, 5.74) is 0. The smallest absolute Gasteiger partial charge is 0.244 e. The third-order valence-corrected chi connectivity index (χ3v) is 5.48. The number of thioether (sulfide) groups is 1. The van der Waals surface area contributed by atoms with Gasteiger partial charge >= 0.3 is 0 Å². The fraction of sp³-hybridized carbons (Fsp3) is 0.733. The molecule has 0 aliphatic carbocycles. The molecule has 0 aromatic carbocycles. The monoisotopic (exact) mass is 308 g/mol. The van der Waals surface area contributed by atoms with Crippen LogP contribution in [0.15, 0.2) is 18.5 Å². The number of rotatable bonds is 4. The molecule has 3 rings (SSSR count). The van der Waals surface area contributed by atoms with Crippen LogP contribution >= 0.6 is 11.8 Å². The molecule has 0 bridgehead atoms. The van der Waals surface area contributed by atoms with Crippen LogP contribution in [-0.2, 0) is 11.3 Å². The highest BCUT2D eigenvalue weighted by molar-refractivity contribution is 7.99. The molecule has 1 amide bonds. The van der Waals surface area contributed by atoms with E-state index in [1.54, 1.807) is 10.9 Å². The highest BCUT2D eigenvalue weighted by atomic mass is 32.2. The minimum atomic E-state index is 0.213. The molecular weight excluding hydrogens is 284 g/mol. The quantitative estimate of drug-likeness (QED) is 0.841. The van der Waals surface area contributed by atoms with Crippen LogP contribution < -0.4 is 0 Å². The van der Waals surface area contributed by atoms with Crippen LogP contribution in [0.2, 0.25) is 0 Å². The van der Waals surface area contributed by atoms with Crippen LogP contribution in [0, 0.1) is 0 Å². The first-order valence-electron chi connectivity index (χ1n) is 7.90. The number of likely N-dealkylation sites (tertiary alicyclic amines) is 1. The van der Waals surface area contributed by atoms with E-state index in [-0.39, 0.29) is 5.91 Å². The second kappa shape index (κ2) is 7.31. The molecule has 1 aromatic heterocycles. The van der Waals surface area contributed by atoms with Gasteiger partial charge in [-0.05, 0) is 44.2 Å². The number of carbonyl (C=O) groups excluding carboxylic acids is 1. The van der Waals surface area contributed by atoms with Crippen molar-refractivity contribution < 1.29 is 4.79 Å². The lowest BCUT2D eigenvalue weighted by molar-refractivity contribution is -0.134. The minimum Gasteiger partial charge on any atom is -0.336 e. The van der Waals surface area contributed by atoms with Crippen LogP contribution in [0.1, 0.15) is 19.3 Å². The molecule has 0 radical (unpaired) electrons.